The highest BCUT2D eigenvalue weighted by molar-refractivity contribution is 6.12. The number of aromatic nitrogens is 4. The fourth-order valence-electron chi connectivity index (χ4n) is 4.55. The summed E-state index contributed by atoms with van der Waals surface area (Å²) in [5, 5.41) is 3.73. The second-order valence-electron chi connectivity index (χ2n) is 7.81. The summed E-state index contributed by atoms with van der Waals surface area (Å²) >= 11 is 0. The van der Waals surface area contributed by atoms with Crippen LogP contribution in [0.5, 0.6) is 0 Å². The van der Waals surface area contributed by atoms with Gasteiger partial charge in [-0.15, -0.1) is 0 Å². The monoisotopic (exact) mass is 450 g/mol. The van der Waals surface area contributed by atoms with Gasteiger partial charge in [-0.2, -0.15) is 0 Å². The lowest BCUT2D eigenvalue weighted by atomic mass is 10.2. The molecule has 34 heavy (non-hydrogen) atoms. The summed E-state index contributed by atoms with van der Waals surface area (Å²) in [6, 6.07) is 19.4. The van der Waals surface area contributed by atoms with Crippen LogP contribution in [0.15, 0.2) is 73.1 Å². The van der Waals surface area contributed by atoms with Crippen LogP contribution in [0.1, 0.15) is 21.0 Å². The van der Waals surface area contributed by atoms with Crippen molar-refractivity contribution in [3.8, 4) is 0 Å². The number of benzene rings is 2. The van der Waals surface area contributed by atoms with Crippen molar-refractivity contribution in [3.63, 3.8) is 0 Å². The average molecular weight is 450 g/mol. The van der Waals surface area contributed by atoms with E-state index in [-0.39, 0.29) is 11.4 Å². The Morgan fingerprint density at radius 3 is 1.44 bits per heavy atom. The Hall–Kier alpha value is -4.72. The Balaban J connectivity index is 1.82. The minimum Gasteiger partial charge on any atom is -0.464 e. The summed E-state index contributed by atoms with van der Waals surface area (Å²) in [6.07, 6.45) is 3.38. The summed E-state index contributed by atoms with van der Waals surface area (Å²) in [7, 11) is 2.66. The van der Waals surface area contributed by atoms with Crippen LogP contribution < -0.4 is 0 Å². The summed E-state index contributed by atoms with van der Waals surface area (Å²) in [5.41, 5.74) is 3.79. The van der Waals surface area contributed by atoms with E-state index in [0.29, 0.717) is 0 Å². The lowest BCUT2D eigenvalue weighted by molar-refractivity contribution is 0.0585. The molecule has 0 atom stereocenters. The molecule has 0 N–H and O–H groups in total. The van der Waals surface area contributed by atoms with Gasteiger partial charge in [-0.1, -0.05) is 36.4 Å². The van der Waals surface area contributed by atoms with Crippen LogP contribution in [0.4, 0.5) is 0 Å². The van der Waals surface area contributed by atoms with Crippen molar-refractivity contribution in [2.45, 2.75) is 0 Å². The zero-order valence-corrected chi connectivity index (χ0v) is 18.4. The predicted molar refractivity (Wildman–Crippen MR) is 128 cm³/mol. The number of methoxy groups -OCH3 is 2. The fourth-order valence-corrected chi connectivity index (χ4v) is 4.55. The number of fused-ring (bicyclic) bond motifs is 6. The molecule has 8 heteroatoms. The molecule has 0 aliphatic carbocycles. The zero-order chi connectivity index (χ0) is 23.4. The number of esters is 2. The SMILES string of the molecule is COC(=O)c1cc2c(cn1)c1ccccc1n2-n1c2ccccc2c2cnc(C(=O)OC)cc21. The first kappa shape index (κ1) is 19.9. The topological polar surface area (TPSA) is 88.2 Å². The van der Waals surface area contributed by atoms with Gasteiger partial charge in [0.2, 0.25) is 0 Å². The molecule has 4 heterocycles. The molecular weight excluding hydrogens is 432 g/mol. The zero-order valence-electron chi connectivity index (χ0n) is 18.4. The Morgan fingerprint density at radius 1 is 0.618 bits per heavy atom. The van der Waals surface area contributed by atoms with E-state index >= 15 is 0 Å². The molecule has 6 aromatic rings. The van der Waals surface area contributed by atoms with Crippen molar-refractivity contribution in [2.24, 2.45) is 0 Å². The van der Waals surface area contributed by atoms with Crippen molar-refractivity contribution in [2.75, 3.05) is 14.2 Å². The lowest BCUT2D eigenvalue weighted by Crippen LogP contribution is -2.11. The third kappa shape index (κ3) is 2.72. The van der Waals surface area contributed by atoms with Crippen LogP contribution >= 0.6 is 0 Å². The Kier molecular flexibility index (Phi) is 4.35. The number of hydrogen-bond donors (Lipinski definition) is 0. The van der Waals surface area contributed by atoms with Crippen LogP contribution in [0.25, 0.3) is 43.6 Å². The van der Waals surface area contributed by atoms with Crippen molar-refractivity contribution in [1.29, 1.82) is 0 Å². The number of carbonyl (C=O) groups excluding carboxylic acids is 2. The lowest BCUT2D eigenvalue weighted by Gasteiger charge is -2.13. The normalized spacial score (nSPS) is 11.5. The Morgan fingerprint density at radius 2 is 1.03 bits per heavy atom. The number of hydrogen-bond acceptors (Lipinski definition) is 6. The van der Waals surface area contributed by atoms with Gasteiger partial charge in [-0.25, -0.2) is 28.9 Å². The summed E-state index contributed by atoms with van der Waals surface area (Å²) < 4.78 is 13.9. The number of pyridine rings is 2. The largest absolute Gasteiger partial charge is 0.464 e. The molecule has 0 fully saturated rings. The van der Waals surface area contributed by atoms with E-state index in [0.717, 1.165) is 43.6 Å². The van der Waals surface area contributed by atoms with Gasteiger partial charge >= 0.3 is 11.9 Å². The number of carbonyl (C=O) groups is 2. The van der Waals surface area contributed by atoms with Gasteiger partial charge in [0, 0.05) is 33.9 Å². The van der Waals surface area contributed by atoms with Crippen LogP contribution in [0.3, 0.4) is 0 Å². The van der Waals surface area contributed by atoms with Gasteiger partial charge < -0.3 is 9.47 Å². The predicted octanol–water partition coefficient (Wildman–Crippen LogP) is 4.58. The molecule has 0 unspecified atom stereocenters. The standard InChI is InChI=1S/C26H18N4O4/c1-33-25(31)19-11-23-17(13-27-19)15-7-3-5-9-21(15)29(23)30-22-10-6-4-8-16(22)18-14-28-20(12-24(18)30)26(32)34-2/h3-14H,1-2H3. The molecule has 0 saturated heterocycles. The van der Waals surface area contributed by atoms with E-state index in [1.807, 2.05) is 57.9 Å². The highest BCUT2D eigenvalue weighted by Gasteiger charge is 2.21. The van der Waals surface area contributed by atoms with Crippen LogP contribution in [0.2, 0.25) is 0 Å². The molecule has 0 radical (unpaired) electrons. The molecule has 0 aliphatic rings. The first-order chi connectivity index (χ1) is 16.6. The summed E-state index contributed by atoms with van der Waals surface area (Å²) in [5.74, 6) is -1.03. The smallest absolute Gasteiger partial charge is 0.356 e. The molecule has 0 bridgehead atoms. The second kappa shape index (κ2) is 7.41. The molecule has 6 rings (SSSR count). The van der Waals surface area contributed by atoms with Gasteiger partial charge in [0.25, 0.3) is 0 Å². The number of nitrogens with zero attached hydrogens (tertiary/aromatic N) is 4. The molecular formula is C26H18N4O4. The third-order valence-electron chi connectivity index (χ3n) is 6.05. The molecule has 0 saturated carbocycles. The maximum absolute atomic E-state index is 12.3. The molecule has 4 aromatic heterocycles. The first-order valence-corrected chi connectivity index (χ1v) is 10.6. The third-order valence-corrected chi connectivity index (χ3v) is 6.05. The molecule has 8 nitrogen and oxygen atoms in total. The first-order valence-electron chi connectivity index (χ1n) is 10.6. The van der Waals surface area contributed by atoms with Gasteiger partial charge in [0.05, 0.1) is 36.3 Å². The fraction of sp³-hybridized carbons (Fsp3) is 0.0769. The molecule has 166 valence electrons. The van der Waals surface area contributed by atoms with Crippen LogP contribution in [0, 0.1) is 0 Å². The van der Waals surface area contributed by atoms with Gasteiger partial charge in [-0.3, -0.25) is 0 Å². The maximum atomic E-state index is 12.3. The number of ether oxygens (including phenoxy) is 2. The second-order valence-corrected chi connectivity index (χ2v) is 7.81. The Bertz CT molecular complexity index is 1650. The van der Waals surface area contributed by atoms with Crippen molar-refractivity contribution in [3.05, 3.63) is 84.4 Å². The van der Waals surface area contributed by atoms with Crippen molar-refractivity contribution < 1.29 is 19.1 Å². The van der Waals surface area contributed by atoms with Crippen molar-refractivity contribution >= 4 is 55.6 Å². The number of rotatable bonds is 3. The van der Waals surface area contributed by atoms with Crippen LogP contribution in [-0.4, -0.2) is 45.5 Å². The van der Waals surface area contributed by atoms with Crippen molar-refractivity contribution in [1.82, 2.24) is 19.3 Å². The van der Waals surface area contributed by atoms with E-state index in [1.165, 1.54) is 14.2 Å². The maximum Gasteiger partial charge on any atom is 0.356 e. The quantitative estimate of drug-likeness (QED) is 0.367. The van der Waals surface area contributed by atoms with Gasteiger partial charge in [0.15, 0.2) is 11.4 Å². The molecule has 2 aromatic carbocycles. The Labute approximate surface area is 192 Å². The summed E-state index contributed by atoms with van der Waals surface area (Å²) in [4.78, 5) is 33.2. The highest BCUT2D eigenvalue weighted by atomic mass is 16.5. The minimum atomic E-state index is -0.516. The van der Waals surface area contributed by atoms with E-state index in [2.05, 4.69) is 9.97 Å². The summed E-state index contributed by atoms with van der Waals surface area (Å²) in [6.45, 7) is 0. The van der Waals surface area contributed by atoms with E-state index in [9.17, 15) is 9.59 Å². The highest BCUT2D eigenvalue weighted by Crippen LogP contribution is 2.35. The van der Waals surface area contributed by atoms with E-state index < -0.39 is 11.9 Å². The van der Waals surface area contributed by atoms with Gasteiger partial charge in [0.1, 0.15) is 0 Å². The molecule has 0 spiro atoms. The molecule has 0 amide bonds. The molecule has 0 aliphatic heterocycles. The minimum absolute atomic E-state index is 0.205. The van der Waals surface area contributed by atoms with E-state index in [4.69, 9.17) is 9.47 Å². The average Bonchev–Trinajstić information content (AvgIpc) is 3.39. The van der Waals surface area contributed by atoms with Crippen LogP contribution in [-0.2, 0) is 9.47 Å². The van der Waals surface area contributed by atoms with Gasteiger partial charge in [-0.05, 0) is 24.3 Å². The van der Waals surface area contributed by atoms with E-state index in [1.54, 1.807) is 24.5 Å². The number of para-hydroxylation sites is 2.